The Hall–Kier alpha value is -2.57. The lowest BCUT2D eigenvalue weighted by atomic mass is 9.64. The smallest absolute Gasteiger partial charge is 0.325 e. The minimum atomic E-state index is -0.885. The van der Waals surface area contributed by atoms with E-state index in [0.717, 1.165) is 35.5 Å². The Morgan fingerprint density at radius 3 is 2.48 bits per heavy atom. The number of carbonyl (C=O) groups excluding carboxylic acids is 3. The molecule has 4 rings (SSSR count). The highest BCUT2D eigenvalue weighted by Crippen LogP contribution is 2.46. The predicted molar refractivity (Wildman–Crippen MR) is 116 cm³/mol. The molecule has 0 radical (unpaired) electrons. The van der Waals surface area contributed by atoms with Gasteiger partial charge < -0.3 is 15.4 Å². The second-order valence-electron chi connectivity index (χ2n) is 10.4. The van der Waals surface area contributed by atoms with Crippen LogP contribution in [-0.2, 0) is 9.59 Å². The van der Waals surface area contributed by atoms with Crippen molar-refractivity contribution in [1.29, 1.82) is 0 Å². The lowest BCUT2D eigenvalue weighted by Crippen LogP contribution is -2.54. The molecule has 3 aliphatic rings. The molecule has 1 spiro atoms. The van der Waals surface area contributed by atoms with E-state index in [1.807, 2.05) is 24.3 Å². The van der Waals surface area contributed by atoms with Crippen molar-refractivity contribution in [1.82, 2.24) is 15.5 Å². The van der Waals surface area contributed by atoms with Crippen LogP contribution in [0.2, 0.25) is 0 Å². The maximum atomic E-state index is 13.3. The highest BCUT2D eigenvalue weighted by atomic mass is 16.5. The molecule has 1 aliphatic heterocycles. The third-order valence-electron chi connectivity index (χ3n) is 6.81. The number of rotatable bonds is 6. The summed E-state index contributed by atoms with van der Waals surface area (Å²) < 4.78 is 5.22. The van der Waals surface area contributed by atoms with Crippen molar-refractivity contribution in [3.63, 3.8) is 0 Å². The van der Waals surface area contributed by atoms with Crippen molar-refractivity contribution >= 4 is 17.8 Å². The van der Waals surface area contributed by atoms with Gasteiger partial charge >= 0.3 is 6.03 Å². The van der Waals surface area contributed by atoms with Gasteiger partial charge in [0.15, 0.2) is 0 Å². The SMILES string of the molecule is COc1ccc(C(NC(=O)CN2C(=O)NC3(CC(C)CC(C)(C)C3)C2=O)C2CC2)cc1. The molecule has 1 saturated heterocycles. The maximum Gasteiger partial charge on any atom is 0.325 e. The second-order valence-corrected chi connectivity index (χ2v) is 10.4. The van der Waals surface area contributed by atoms with Crippen LogP contribution in [0.5, 0.6) is 5.75 Å². The number of methoxy groups -OCH3 is 1. The molecule has 7 nitrogen and oxygen atoms in total. The Balaban J connectivity index is 1.45. The fraction of sp³-hybridized carbons (Fsp3) is 0.625. The van der Waals surface area contributed by atoms with Crippen LogP contribution in [0.15, 0.2) is 24.3 Å². The zero-order chi connectivity index (χ0) is 22.4. The zero-order valence-corrected chi connectivity index (χ0v) is 18.9. The van der Waals surface area contributed by atoms with E-state index < -0.39 is 11.6 Å². The largest absolute Gasteiger partial charge is 0.497 e. The fourth-order valence-corrected chi connectivity index (χ4v) is 5.73. The fourth-order valence-electron chi connectivity index (χ4n) is 5.73. The zero-order valence-electron chi connectivity index (χ0n) is 18.9. The molecular formula is C24H33N3O4. The van der Waals surface area contributed by atoms with Gasteiger partial charge in [0.1, 0.15) is 17.8 Å². The number of urea groups is 1. The maximum absolute atomic E-state index is 13.3. The summed E-state index contributed by atoms with van der Waals surface area (Å²) in [5.41, 5.74) is 0.0857. The Morgan fingerprint density at radius 2 is 1.90 bits per heavy atom. The molecule has 3 unspecified atom stereocenters. The standard InChI is InChI=1S/C24H33N3O4/c1-15-11-23(2,3)14-24(12-15)21(29)27(22(30)26-24)13-19(28)25-20(16-5-6-16)17-7-9-18(31-4)10-8-17/h7-10,15-16,20H,5-6,11-14H2,1-4H3,(H,25,28)(H,26,30). The first-order valence-corrected chi connectivity index (χ1v) is 11.2. The highest BCUT2D eigenvalue weighted by molar-refractivity contribution is 6.09. The molecule has 1 aromatic carbocycles. The van der Waals surface area contributed by atoms with E-state index in [1.165, 1.54) is 0 Å². The first kappa shape index (κ1) is 21.7. The Morgan fingerprint density at radius 1 is 1.23 bits per heavy atom. The molecule has 3 fully saturated rings. The van der Waals surface area contributed by atoms with Crippen LogP contribution in [0.1, 0.15) is 64.5 Å². The van der Waals surface area contributed by atoms with Gasteiger partial charge in [0.2, 0.25) is 5.91 Å². The average Bonchev–Trinajstić information content (AvgIpc) is 3.50. The van der Waals surface area contributed by atoms with Crippen LogP contribution in [0.25, 0.3) is 0 Å². The van der Waals surface area contributed by atoms with Crippen molar-refractivity contribution < 1.29 is 19.1 Å². The molecule has 0 bridgehead atoms. The third-order valence-corrected chi connectivity index (χ3v) is 6.81. The Labute approximate surface area is 183 Å². The first-order valence-electron chi connectivity index (χ1n) is 11.2. The average molecular weight is 428 g/mol. The van der Waals surface area contributed by atoms with E-state index in [9.17, 15) is 14.4 Å². The molecule has 0 aromatic heterocycles. The van der Waals surface area contributed by atoms with Gasteiger partial charge in [0.25, 0.3) is 5.91 Å². The van der Waals surface area contributed by atoms with Gasteiger partial charge in [-0.15, -0.1) is 0 Å². The number of imide groups is 1. The van der Waals surface area contributed by atoms with E-state index in [2.05, 4.69) is 31.4 Å². The van der Waals surface area contributed by atoms with Gasteiger partial charge in [-0.1, -0.05) is 32.9 Å². The molecule has 7 heteroatoms. The number of carbonyl (C=O) groups is 3. The molecule has 168 valence electrons. The number of hydrogen-bond donors (Lipinski definition) is 2. The summed E-state index contributed by atoms with van der Waals surface area (Å²) in [6, 6.07) is 7.08. The summed E-state index contributed by atoms with van der Waals surface area (Å²) >= 11 is 0. The molecule has 2 aliphatic carbocycles. The molecule has 2 saturated carbocycles. The summed E-state index contributed by atoms with van der Waals surface area (Å²) in [7, 11) is 1.62. The van der Waals surface area contributed by atoms with Crippen molar-refractivity contribution in [2.45, 2.75) is 64.5 Å². The summed E-state index contributed by atoms with van der Waals surface area (Å²) in [5, 5.41) is 6.00. The number of nitrogens with one attached hydrogen (secondary N) is 2. The van der Waals surface area contributed by atoms with Crippen LogP contribution in [0, 0.1) is 17.3 Å². The number of nitrogens with zero attached hydrogens (tertiary/aromatic N) is 1. The number of ether oxygens (including phenoxy) is 1. The normalized spacial score (nSPS) is 28.4. The van der Waals surface area contributed by atoms with Crippen molar-refractivity contribution in [3.8, 4) is 5.75 Å². The van der Waals surface area contributed by atoms with Gasteiger partial charge in [0, 0.05) is 0 Å². The van der Waals surface area contributed by atoms with E-state index in [0.29, 0.717) is 24.7 Å². The topological polar surface area (TPSA) is 87.7 Å². The van der Waals surface area contributed by atoms with Crippen molar-refractivity contribution in [3.05, 3.63) is 29.8 Å². The predicted octanol–water partition coefficient (Wildman–Crippen LogP) is 3.40. The van der Waals surface area contributed by atoms with Gasteiger partial charge in [-0.25, -0.2) is 4.79 Å². The molecule has 2 N–H and O–H groups in total. The van der Waals surface area contributed by atoms with Crippen LogP contribution < -0.4 is 15.4 Å². The monoisotopic (exact) mass is 427 g/mol. The molecule has 1 heterocycles. The summed E-state index contributed by atoms with van der Waals surface area (Å²) in [6.45, 7) is 6.13. The lowest BCUT2D eigenvalue weighted by molar-refractivity contribution is -0.137. The van der Waals surface area contributed by atoms with E-state index in [1.54, 1.807) is 7.11 Å². The first-order chi connectivity index (χ1) is 14.6. The van der Waals surface area contributed by atoms with Crippen molar-refractivity contribution in [2.75, 3.05) is 13.7 Å². The summed E-state index contributed by atoms with van der Waals surface area (Å²) in [4.78, 5) is 39.9. The molecular weight excluding hydrogens is 394 g/mol. The Kier molecular flexibility index (Phi) is 5.48. The van der Waals surface area contributed by atoms with Crippen LogP contribution in [-0.4, -0.2) is 41.9 Å². The number of amides is 4. The van der Waals surface area contributed by atoms with Crippen LogP contribution in [0.3, 0.4) is 0 Å². The van der Waals surface area contributed by atoms with Gasteiger partial charge in [-0.3, -0.25) is 14.5 Å². The molecule has 3 atom stereocenters. The van der Waals surface area contributed by atoms with E-state index in [4.69, 9.17) is 4.74 Å². The number of benzene rings is 1. The molecule has 1 aromatic rings. The van der Waals surface area contributed by atoms with Gasteiger partial charge in [-0.2, -0.15) is 0 Å². The highest BCUT2D eigenvalue weighted by Gasteiger charge is 2.56. The van der Waals surface area contributed by atoms with Gasteiger partial charge in [-0.05, 0) is 67.1 Å². The van der Waals surface area contributed by atoms with E-state index >= 15 is 0 Å². The third kappa shape index (κ3) is 4.41. The summed E-state index contributed by atoms with van der Waals surface area (Å²) in [5.74, 6) is 0.901. The van der Waals surface area contributed by atoms with Crippen LogP contribution in [0.4, 0.5) is 4.79 Å². The van der Waals surface area contributed by atoms with Gasteiger partial charge in [0.05, 0.1) is 13.2 Å². The summed E-state index contributed by atoms with van der Waals surface area (Å²) in [6.07, 6.45) is 4.34. The Bertz CT molecular complexity index is 877. The molecule has 4 amide bonds. The lowest BCUT2D eigenvalue weighted by Gasteiger charge is -2.43. The van der Waals surface area contributed by atoms with Crippen molar-refractivity contribution in [2.24, 2.45) is 17.3 Å². The van der Waals surface area contributed by atoms with Crippen LogP contribution >= 0.6 is 0 Å². The minimum Gasteiger partial charge on any atom is -0.497 e. The molecule has 31 heavy (non-hydrogen) atoms. The second kappa shape index (κ2) is 7.84. The van der Waals surface area contributed by atoms with E-state index in [-0.39, 0.29) is 29.8 Å². The minimum absolute atomic E-state index is 0.0374. The quantitative estimate of drug-likeness (QED) is 0.681. The number of hydrogen-bond acceptors (Lipinski definition) is 4.